The molecule has 0 aliphatic heterocycles. The molecule has 2 aromatic heterocycles. The van der Waals surface area contributed by atoms with Crippen molar-refractivity contribution in [2.75, 3.05) is 5.32 Å². The van der Waals surface area contributed by atoms with Crippen molar-refractivity contribution < 1.29 is 9.21 Å². The standard InChI is InChI=1S/C13H14N2O2/c1-3-10-6-7-11(17-10)13(16)15-12-9(2)5-4-8-14-12/h4-8H,3H2,1-2H3,(H,14,15,16). The van der Waals surface area contributed by atoms with Crippen LogP contribution in [0, 0.1) is 6.92 Å². The summed E-state index contributed by atoms with van der Waals surface area (Å²) in [6.45, 7) is 3.87. The van der Waals surface area contributed by atoms with E-state index in [1.54, 1.807) is 18.3 Å². The van der Waals surface area contributed by atoms with E-state index < -0.39 is 0 Å². The van der Waals surface area contributed by atoms with Gasteiger partial charge in [-0.05, 0) is 30.7 Å². The van der Waals surface area contributed by atoms with Gasteiger partial charge in [0.25, 0.3) is 5.91 Å². The highest BCUT2D eigenvalue weighted by Gasteiger charge is 2.12. The highest BCUT2D eigenvalue weighted by atomic mass is 16.3. The molecule has 0 saturated heterocycles. The number of aryl methyl sites for hydroxylation is 2. The number of nitrogens with zero attached hydrogens (tertiary/aromatic N) is 1. The molecule has 17 heavy (non-hydrogen) atoms. The van der Waals surface area contributed by atoms with Gasteiger partial charge in [0.15, 0.2) is 5.76 Å². The van der Waals surface area contributed by atoms with Gasteiger partial charge in [0.2, 0.25) is 0 Å². The Morgan fingerprint density at radius 3 is 2.88 bits per heavy atom. The van der Waals surface area contributed by atoms with Crippen LogP contribution >= 0.6 is 0 Å². The van der Waals surface area contributed by atoms with Gasteiger partial charge in [-0.25, -0.2) is 4.98 Å². The van der Waals surface area contributed by atoms with Gasteiger partial charge in [-0.15, -0.1) is 0 Å². The smallest absolute Gasteiger partial charge is 0.292 e. The predicted octanol–water partition coefficient (Wildman–Crippen LogP) is 2.80. The first-order chi connectivity index (χ1) is 8.20. The van der Waals surface area contributed by atoms with Crippen molar-refractivity contribution in [2.45, 2.75) is 20.3 Å². The number of aromatic nitrogens is 1. The average Bonchev–Trinajstić information content (AvgIpc) is 2.81. The molecule has 0 unspecified atom stereocenters. The van der Waals surface area contributed by atoms with E-state index in [0.717, 1.165) is 17.7 Å². The van der Waals surface area contributed by atoms with Gasteiger partial charge in [-0.3, -0.25) is 4.79 Å². The van der Waals surface area contributed by atoms with Gasteiger partial charge in [0.1, 0.15) is 11.6 Å². The maximum Gasteiger partial charge on any atom is 0.292 e. The van der Waals surface area contributed by atoms with E-state index >= 15 is 0 Å². The molecule has 0 aliphatic carbocycles. The Morgan fingerprint density at radius 2 is 2.24 bits per heavy atom. The van der Waals surface area contributed by atoms with Crippen molar-refractivity contribution in [1.82, 2.24) is 4.98 Å². The summed E-state index contributed by atoms with van der Waals surface area (Å²) in [7, 11) is 0. The maximum absolute atomic E-state index is 11.9. The number of amides is 1. The number of furan rings is 1. The number of anilines is 1. The summed E-state index contributed by atoms with van der Waals surface area (Å²) < 4.78 is 5.37. The first-order valence-electron chi connectivity index (χ1n) is 5.52. The molecule has 1 amide bonds. The fraction of sp³-hybridized carbons (Fsp3) is 0.231. The van der Waals surface area contributed by atoms with Crippen molar-refractivity contribution in [3.05, 3.63) is 47.5 Å². The molecular weight excluding hydrogens is 216 g/mol. The molecule has 0 fully saturated rings. The van der Waals surface area contributed by atoms with Crippen LogP contribution < -0.4 is 5.32 Å². The molecule has 4 nitrogen and oxygen atoms in total. The topological polar surface area (TPSA) is 55.1 Å². The van der Waals surface area contributed by atoms with Crippen LogP contribution in [-0.4, -0.2) is 10.9 Å². The normalized spacial score (nSPS) is 10.2. The Kier molecular flexibility index (Phi) is 3.23. The number of rotatable bonds is 3. The molecule has 2 rings (SSSR count). The quantitative estimate of drug-likeness (QED) is 0.882. The molecule has 2 heterocycles. The molecule has 0 atom stereocenters. The fourth-order valence-electron chi connectivity index (χ4n) is 1.48. The Morgan fingerprint density at radius 1 is 1.41 bits per heavy atom. The molecule has 1 N–H and O–H groups in total. The molecule has 0 bridgehead atoms. The lowest BCUT2D eigenvalue weighted by molar-refractivity contribution is 0.0994. The van der Waals surface area contributed by atoms with Crippen LogP contribution in [0.25, 0.3) is 0 Å². The fourth-order valence-corrected chi connectivity index (χ4v) is 1.48. The number of carbonyl (C=O) groups is 1. The minimum atomic E-state index is -0.272. The molecule has 0 aromatic carbocycles. The van der Waals surface area contributed by atoms with Crippen molar-refractivity contribution in [3.8, 4) is 0 Å². The van der Waals surface area contributed by atoms with Gasteiger partial charge >= 0.3 is 0 Å². The lowest BCUT2D eigenvalue weighted by Crippen LogP contribution is -2.12. The third-order valence-corrected chi connectivity index (χ3v) is 2.48. The largest absolute Gasteiger partial charge is 0.456 e. The Hall–Kier alpha value is -2.10. The van der Waals surface area contributed by atoms with E-state index in [9.17, 15) is 4.79 Å². The van der Waals surface area contributed by atoms with Crippen LogP contribution in [0.5, 0.6) is 0 Å². The lowest BCUT2D eigenvalue weighted by atomic mass is 10.3. The van der Waals surface area contributed by atoms with Crippen LogP contribution in [0.1, 0.15) is 28.8 Å². The van der Waals surface area contributed by atoms with Crippen LogP contribution in [0.2, 0.25) is 0 Å². The number of hydrogen-bond acceptors (Lipinski definition) is 3. The number of nitrogens with one attached hydrogen (secondary N) is 1. The zero-order valence-electron chi connectivity index (χ0n) is 9.86. The maximum atomic E-state index is 11.9. The minimum Gasteiger partial charge on any atom is -0.456 e. The van der Waals surface area contributed by atoms with E-state index in [1.165, 1.54) is 0 Å². The van der Waals surface area contributed by atoms with Crippen molar-refractivity contribution >= 4 is 11.7 Å². The zero-order valence-corrected chi connectivity index (χ0v) is 9.86. The number of carbonyl (C=O) groups excluding carboxylic acids is 1. The molecule has 0 radical (unpaired) electrons. The second-order valence-electron chi connectivity index (χ2n) is 3.74. The Bertz CT molecular complexity index is 532. The molecular formula is C13H14N2O2. The van der Waals surface area contributed by atoms with Crippen LogP contribution in [-0.2, 0) is 6.42 Å². The van der Waals surface area contributed by atoms with Crippen molar-refractivity contribution in [1.29, 1.82) is 0 Å². The minimum absolute atomic E-state index is 0.272. The summed E-state index contributed by atoms with van der Waals surface area (Å²) in [5.41, 5.74) is 0.920. The predicted molar refractivity (Wildman–Crippen MR) is 65.0 cm³/mol. The summed E-state index contributed by atoms with van der Waals surface area (Å²) in [5.74, 6) is 1.40. The highest BCUT2D eigenvalue weighted by Crippen LogP contribution is 2.13. The first kappa shape index (κ1) is 11.4. The van der Waals surface area contributed by atoms with Gasteiger partial charge < -0.3 is 9.73 Å². The van der Waals surface area contributed by atoms with E-state index in [2.05, 4.69) is 10.3 Å². The first-order valence-corrected chi connectivity index (χ1v) is 5.52. The monoisotopic (exact) mass is 230 g/mol. The summed E-state index contributed by atoms with van der Waals surface area (Å²) in [5, 5.41) is 2.72. The second kappa shape index (κ2) is 4.82. The second-order valence-corrected chi connectivity index (χ2v) is 3.74. The summed E-state index contributed by atoms with van der Waals surface area (Å²) >= 11 is 0. The SMILES string of the molecule is CCc1ccc(C(=O)Nc2ncccc2C)o1. The molecule has 0 saturated carbocycles. The van der Waals surface area contributed by atoms with Crippen LogP contribution in [0.4, 0.5) is 5.82 Å². The van der Waals surface area contributed by atoms with Crippen molar-refractivity contribution in [2.24, 2.45) is 0 Å². The van der Waals surface area contributed by atoms with Gasteiger partial charge in [0.05, 0.1) is 0 Å². The van der Waals surface area contributed by atoms with E-state index in [4.69, 9.17) is 4.42 Å². The van der Waals surface area contributed by atoms with Crippen LogP contribution in [0.15, 0.2) is 34.9 Å². The molecule has 0 aliphatic rings. The summed E-state index contributed by atoms with van der Waals surface area (Å²) in [6.07, 6.45) is 2.41. The zero-order chi connectivity index (χ0) is 12.3. The Labute approximate surface area is 99.7 Å². The third kappa shape index (κ3) is 2.53. The van der Waals surface area contributed by atoms with E-state index in [-0.39, 0.29) is 5.91 Å². The molecule has 2 aromatic rings. The summed E-state index contributed by atoms with van der Waals surface area (Å²) in [4.78, 5) is 15.9. The lowest BCUT2D eigenvalue weighted by Gasteiger charge is -2.04. The van der Waals surface area contributed by atoms with Gasteiger partial charge in [-0.1, -0.05) is 13.0 Å². The molecule has 0 spiro atoms. The average molecular weight is 230 g/mol. The van der Waals surface area contributed by atoms with Crippen LogP contribution in [0.3, 0.4) is 0 Å². The Balaban J connectivity index is 2.14. The number of pyridine rings is 1. The highest BCUT2D eigenvalue weighted by molar-refractivity contribution is 6.02. The van der Waals surface area contributed by atoms with Gasteiger partial charge in [-0.2, -0.15) is 0 Å². The molecule has 88 valence electrons. The third-order valence-electron chi connectivity index (χ3n) is 2.48. The van der Waals surface area contributed by atoms with E-state index in [0.29, 0.717) is 11.6 Å². The van der Waals surface area contributed by atoms with Crippen molar-refractivity contribution in [3.63, 3.8) is 0 Å². The van der Waals surface area contributed by atoms with E-state index in [1.807, 2.05) is 26.0 Å². The number of hydrogen-bond donors (Lipinski definition) is 1. The molecule has 4 heteroatoms. The van der Waals surface area contributed by atoms with Gasteiger partial charge in [0, 0.05) is 12.6 Å². The summed E-state index contributed by atoms with van der Waals surface area (Å²) in [6, 6.07) is 7.20.